The minimum Gasteiger partial charge on any atom is -0.349 e. The van der Waals surface area contributed by atoms with Crippen molar-refractivity contribution in [2.45, 2.75) is 26.9 Å². The number of rotatable bonds is 6. The molecule has 0 aliphatic heterocycles. The maximum absolute atomic E-state index is 13.1. The molecule has 30 heavy (non-hydrogen) atoms. The Labute approximate surface area is 175 Å². The number of thiazole rings is 1. The second-order valence-corrected chi connectivity index (χ2v) is 8.02. The van der Waals surface area contributed by atoms with Crippen LogP contribution < -0.4 is 10.9 Å². The standard InChI is InChI=1S/C20H19FN6O2S/c1-12-17(30-13(2)25-12)19(28)22-7-8-27-18-16(9-24-27)20(29)26(11-23-18)10-14-3-5-15(21)6-4-14/h3-6,9,11H,7-8,10H2,1-2H3,(H,22,28). The topological polar surface area (TPSA) is 94.7 Å². The highest BCUT2D eigenvalue weighted by molar-refractivity contribution is 7.13. The van der Waals surface area contributed by atoms with Crippen LogP contribution in [0.3, 0.4) is 0 Å². The first-order chi connectivity index (χ1) is 14.4. The number of amides is 1. The molecule has 0 saturated carbocycles. The SMILES string of the molecule is Cc1nc(C)c(C(=O)NCCn2ncc3c(=O)n(Cc4ccc(F)cc4)cnc32)s1. The van der Waals surface area contributed by atoms with Crippen molar-refractivity contribution in [3.63, 3.8) is 0 Å². The zero-order valence-electron chi connectivity index (χ0n) is 16.4. The molecule has 0 aliphatic carbocycles. The summed E-state index contributed by atoms with van der Waals surface area (Å²) in [6, 6.07) is 5.97. The Balaban J connectivity index is 1.46. The summed E-state index contributed by atoms with van der Waals surface area (Å²) >= 11 is 1.36. The van der Waals surface area contributed by atoms with E-state index in [9.17, 15) is 14.0 Å². The summed E-state index contributed by atoms with van der Waals surface area (Å²) in [6.07, 6.45) is 2.93. The van der Waals surface area contributed by atoms with Gasteiger partial charge in [0.05, 0.1) is 30.0 Å². The quantitative estimate of drug-likeness (QED) is 0.510. The number of aryl methyl sites for hydroxylation is 2. The number of halogens is 1. The Hall–Kier alpha value is -3.40. The number of benzene rings is 1. The highest BCUT2D eigenvalue weighted by Crippen LogP contribution is 2.16. The van der Waals surface area contributed by atoms with Gasteiger partial charge in [-0.05, 0) is 31.5 Å². The van der Waals surface area contributed by atoms with Crippen LogP contribution in [0.4, 0.5) is 4.39 Å². The Bertz CT molecular complexity index is 1270. The maximum atomic E-state index is 13.1. The molecule has 0 radical (unpaired) electrons. The number of hydrogen-bond acceptors (Lipinski definition) is 6. The van der Waals surface area contributed by atoms with Crippen molar-refractivity contribution in [2.24, 2.45) is 0 Å². The van der Waals surface area contributed by atoms with Gasteiger partial charge in [0.25, 0.3) is 11.5 Å². The van der Waals surface area contributed by atoms with Gasteiger partial charge in [0.2, 0.25) is 0 Å². The van der Waals surface area contributed by atoms with Crippen LogP contribution in [0.5, 0.6) is 0 Å². The first-order valence-corrected chi connectivity index (χ1v) is 10.1. The lowest BCUT2D eigenvalue weighted by Crippen LogP contribution is -2.27. The zero-order valence-corrected chi connectivity index (χ0v) is 17.2. The van der Waals surface area contributed by atoms with Gasteiger partial charge in [0.1, 0.15) is 22.4 Å². The molecule has 3 heterocycles. The predicted octanol–water partition coefficient (Wildman–Crippen LogP) is 2.28. The van der Waals surface area contributed by atoms with E-state index in [1.54, 1.807) is 23.7 Å². The molecule has 0 aliphatic rings. The monoisotopic (exact) mass is 426 g/mol. The molecule has 154 valence electrons. The van der Waals surface area contributed by atoms with Crippen molar-refractivity contribution < 1.29 is 9.18 Å². The second kappa shape index (κ2) is 8.15. The average molecular weight is 426 g/mol. The normalized spacial score (nSPS) is 11.2. The van der Waals surface area contributed by atoms with Crippen molar-refractivity contribution in [3.05, 3.63) is 74.1 Å². The van der Waals surface area contributed by atoms with E-state index in [1.807, 2.05) is 6.92 Å². The highest BCUT2D eigenvalue weighted by Gasteiger charge is 2.14. The zero-order chi connectivity index (χ0) is 21.3. The number of nitrogens with zero attached hydrogens (tertiary/aromatic N) is 5. The lowest BCUT2D eigenvalue weighted by Gasteiger charge is -2.07. The summed E-state index contributed by atoms with van der Waals surface area (Å²) in [5, 5.41) is 8.32. The largest absolute Gasteiger partial charge is 0.349 e. The molecule has 4 rings (SSSR count). The van der Waals surface area contributed by atoms with Gasteiger partial charge in [-0.2, -0.15) is 5.10 Å². The van der Waals surface area contributed by atoms with E-state index in [0.29, 0.717) is 34.7 Å². The lowest BCUT2D eigenvalue weighted by molar-refractivity contribution is 0.0955. The third-order valence-electron chi connectivity index (χ3n) is 4.61. The summed E-state index contributed by atoms with van der Waals surface area (Å²) in [6.45, 7) is 4.67. The fourth-order valence-corrected chi connectivity index (χ4v) is 3.99. The van der Waals surface area contributed by atoms with Gasteiger partial charge in [0.15, 0.2) is 5.65 Å². The van der Waals surface area contributed by atoms with E-state index in [1.165, 1.54) is 40.6 Å². The highest BCUT2D eigenvalue weighted by atomic mass is 32.1. The molecule has 4 aromatic rings. The fraction of sp³-hybridized carbons (Fsp3) is 0.250. The predicted molar refractivity (Wildman–Crippen MR) is 111 cm³/mol. The fourth-order valence-electron chi connectivity index (χ4n) is 3.16. The smallest absolute Gasteiger partial charge is 0.264 e. The number of nitrogens with one attached hydrogen (secondary N) is 1. The van der Waals surface area contributed by atoms with E-state index in [-0.39, 0.29) is 23.8 Å². The van der Waals surface area contributed by atoms with Gasteiger partial charge in [0, 0.05) is 6.54 Å². The van der Waals surface area contributed by atoms with Gasteiger partial charge in [-0.25, -0.2) is 19.0 Å². The van der Waals surface area contributed by atoms with Crippen molar-refractivity contribution in [1.29, 1.82) is 0 Å². The number of aromatic nitrogens is 5. The van der Waals surface area contributed by atoms with Crippen molar-refractivity contribution in [3.8, 4) is 0 Å². The van der Waals surface area contributed by atoms with Crippen LogP contribution in [0.15, 0.2) is 41.6 Å². The summed E-state index contributed by atoms with van der Waals surface area (Å²) < 4.78 is 16.1. The summed E-state index contributed by atoms with van der Waals surface area (Å²) in [4.78, 5) is 34.3. The Morgan fingerprint density at radius 1 is 1.23 bits per heavy atom. The van der Waals surface area contributed by atoms with Crippen LogP contribution in [0.2, 0.25) is 0 Å². The molecule has 0 bridgehead atoms. The number of carbonyl (C=O) groups excluding carboxylic acids is 1. The molecule has 0 spiro atoms. The molecular weight excluding hydrogens is 407 g/mol. The minimum atomic E-state index is -0.325. The van der Waals surface area contributed by atoms with E-state index in [2.05, 4.69) is 20.4 Å². The first kappa shape index (κ1) is 19.9. The number of fused-ring (bicyclic) bond motifs is 1. The van der Waals surface area contributed by atoms with Gasteiger partial charge in [-0.1, -0.05) is 12.1 Å². The number of carbonyl (C=O) groups is 1. The van der Waals surface area contributed by atoms with E-state index < -0.39 is 0 Å². The molecule has 1 aromatic carbocycles. The molecule has 0 saturated heterocycles. The van der Waals surface area contributed by atoms with Crippen molar-refractivity contribution in [2.75, 3.05) is 6.54 Å². The Kier molecular flexibility index (Phi) is 5.40. The van der Waals surface area contributed by atoms with Crippen LogP contribution in [0.1, 0.15) is 25.9 Å². The molecule has 1 amide bonds. The van der Waals surface area contributed by atoms with E-state index in [0.717, 1.165) is 10.6 Å². The van der Waals surface area contributed by atoms with E-state index in [4.69, 9.17) is 0 Å². The van der Waals surface area contributed by atoms with Crippen LogP contribution in [0.25, 0.3) is 11.0 Å². The Morgan fingerprint density at radius 2 is 2.00 bits per heavy atom. The molecule has 0 atom stereocenters. The minimum absolute atomic E-state index is 0.177. The van der Waals surface area contributed by atoms with Crippen LogP contribution in [-0.2, 0) is 13.1 Å². The third kappa shape index (κ3) is 3.99. The van der Waals surface area contributed by atoms with E-state index >= 15 is 0 Å². The van der Waals surface area contributed by atoms with Gasteiger partial charge < -0.3 is 5.32 Å². The summed E-state index contributed by atoms with van der Waals surface area (Å²) in [7, 11) is 0. The molecular formula is C20H19FN6O2S. The van der Waals surface area contributed by atoms with Crippen LogP contribution in [-0.4, -0.2) is 36.8 Å². The molecule has 3 aromatic heterocycles. The van der Waals surface area contributed by atoms with Crippen molar-refractivity contribution >= 4 is 28.3 Å². The summed E-state index contributed by atoms with van der Waals surface area (Å²) in [5.41, 5.74) is 1.73. The summed E-state index contributed by atoms with van der Waals surface area (Å²) in [5.74, 6) is -0.502. The average Bonchev–Trinajstić information content (AvgIpc) is 3.28. The van der Waals surface area contributed by atoms with Gasteiger partial charge >= 0.3 is 0 Å². The molecule has 8 nitrogen and oxygen atoms in total. The van der Waals surface area contributed by atoms with Crippen molar-refractivity contribution in [1.82, 2.24) is 29.6 Å². The second-order valence-electron chi connectivity index (χ2n) is 6.81. The molecule has 0 fully saturated rings. The molecule has 10 heteroatoms. The maximum Gasteiger partial charge on any atom is 0.264 e. The molecule has 0 unspecified atom stereocenters. The van der Waals surface area contributed by atoms with Crippen LogP contribution in [0, 0.1) is 19.7 Å². The molecule has 1 N–H and O–H groups in total. The lowest BCUT2D eigenvalue weighted by atomic mass is 10.2. The number of hydrogen-bond donors (Lipinski definition) is 1. The third-order valence-corrected chi connectivity index (χ3v) is 5.68. The van der Waals surface area contributed by atoms with Crippen LogP contribution >= 0.6 is 11.3 Å². The first-order valence-electron chi connectivity index (χ1n) is 9.30. The van der Waals surface area contributed by atoms with Gasteiger partial charge in [-0.15, -0.1) is 11.3 Å². The van der Waals surface area contributed by atoms with Gasteiger partial charge in [-0.3, -0.25) is 14.2 Å². The Morgan fingerprint density at radius 3 is 2.70 bits per heavy atom.